The lowest BCUT2D eigenvalue weighted by Gasteiger charge is -2.25. The molecule has 3 nitrogen and oxygen atoms in total. The van der Waals surface area contributed by atoms with Crippen LogP contribution in [0.1, 0.15) is 34.1 Å². The monoisotopic (exact) mass is 159 g/mol. The van der Waals surface area contributed by atoms with Gasteiger partial charge in [0.05, 0.1) is 0 Å². The van der Waals surface area contributed by atoms with Crippen LogP contribution >= 0.6 is 0 Å². The molecule has 0 rings (SSSR count). The van der Waals surface area contributed by atoms with Gasteiger partial charge in [-0.1, -0.05) is 6.92 Å². The van der Waals surface area contributed by atoms with Gasteiger partial charge in [-0.15, -0.1) is 0 Å². The average Bonchev–Trinajstić information content (AvgIpc) is 1.86. The van der Waals surface area contributed by atoms with E-state index >= 15 is 0 Å². The molecular weight excluding hydrogens is 142 g/mol. The maximum atomic E-state index is 10.6. The van der Waals surface area contributed by atoms with Gasteiger partial charge >= 0.3 is 5.97 Å². The van der Waals surface area contributed by atoms with Crippen LogP contribution in [0.4, 0.5) is 0 Å². The fourth-order valence-corrected chi connectivity index (χ4v) is 0.780. The molecule has 0 aliphatic heterocycles. The van der Waals surface area contributed by atoms with E-state index < -0.39 is 11.5 Å². The van der Waals surface area contributed by atoms with Gasteiger partial charge in [-0.3, -0.25) is 10.1 Å². The van der Waals surface area contributed by atoms with Crippen molar-refractivity contribution in [1.29, 1.82) is 0 Å². The molecule has 0 spiro atoms. The molecule has 0 saturated carbocycles. The van der Waals surface area contributed by atoms with Crippen molar-refractivity contribution < 1.29 is 9.90 Å². The first-order valence-corrected chi connectivity index (χ1v) is 3.91. The highest BCUT2D eigenvalue weighted by atomic mass is 16.4. The van der Waals surface area contributed by atoms with Crippen LogP contribution < -0.4 is 5.32 Å². The van der Waals surface area contributed by atoms with Crippen LogP contribution in [0.2, 0.25) is 0 Å². The first kappa shape index (κ1) is 10.4. The summed E-state index contributed by atoms with van der Waals surface area (Å²) in [5.41, 5.74) is -0.810. The minimum Gasteiger partial charge on any atom is -0.480 e. The third kappa shape index (κ3) is 3.37. The molecule has 1 unspecified atom stereocenters. The van der Waals surface area contributed by atoms with Gasteiger partial charge in [0.2, 0.25) is 0 Å². The molecule has 0 saturated heterocycles. The Labute approximate surface area is 67.8 Å². The molecule has 0 aromatic carbocycles. The molecule has 0 aromatic heterocycles. The minimum atomic E-state index is -0.810. The Morgan fingerprint density at radius 2 is 2.09 bits per heavy atom. The Bertz CT molecular complexity index is 143. The SMILES string of the molecule is CCC(C)NC(C)(C)C(=O)O. The standard InChI is InChI=1S/C8H17NO2/c1-5-6(2)9-8(3,4)7(10)11/h6,9H,5H2,1-4H3,(H,10,11). The van der Waals surface area contributed by atoms with Crippen molar-refractivity contribution in [2.24, 2.45) is 0 Å². The van der Waals surface area contributed by atoms with Crippen LogP contribution in [0.5, 0.6) is 0 Å². The molecule has 0 amide bonds. The van der Waals surface area contributed by atoms with Gasteiger partial charge in [-0.2, -0.15) is 0 Å². The van der Waals surface area contributed by atoms with Gasteiger partial charge in [0.15, 0.2) is 0 Å². The van der Waals surface area contributed by atoms with Crippen molar-refractivity contribution in [2.75, 3.05) is 0 Å². The van der Waals surface area contributed by atoms with E-state index in [1.807, 2.05) is 13.8 Å². The third-order valence-corrected chi connectivity index (χ3v) is 1.75. The summed E-state index contributed by atoms with van der Waals surface area (Å²) in [6.07, 6.45) is 0.941. The highest BCUT2D eigenvalue weighted by Gasteiger charge is 2.27. The Morgan fingerprint density at radius 3 is 2.36 bits per heavy atom. The molecule has 2 N–H and O–H groups in total. The first-order valence-electron chi connectivity index (χ1n) is 3.91. The second kappa shape index (κ2) is 3.72. The van der Waals surface area contributed by atoms with Gasteiger partial charge in [0.1, 0.15) is 5.54 Å². The molecule has 66 valence electrons. The first-order chi connectivity index (χ1) is 4.90. The second-order valence-corrected chi connectivity index (χ2v) is 3.38. The lowest BCUT2D eigenvalue weighted by Crippen LogP contribution is -2.50. The van der Waals surface area contributed by atoms with Gasteiger partial charge in [-0.05, 0) is 27.2 Å². The third-order valence-electron chi connectivity index (χ3n) is 1.75. The number of hydrogen-bond donors (Lipinski definition) is 2. The van der Waals surface area contributed by atoms with E-state index in [1.165, 1.54) is 0 Å². The Morgan fingerprint density at radius 1 is 1.64 bits per heavy atom. The van der Waals surface area contributed by atoms with Crippen LogP contribution in [0.15, 0.2) is 0 Å². The molecule has 3 heteroatoms. The van der Waals surface area contributed by atoms with E-state index in [0.29, 0.717) is 0 Å². The van der Waals surface area contributed by atoms with Crippen LogP contribution in [0.25, 0.3) is 0 Å². The molecule has 0 aliphatic rings. The van der Waals surface area contributed by atoms with E-state index in [1.54, 1.807) is 13.8 Å². The van der Waals surface area contributed by atoms with Crippen molar-refractivity contribution in [3.8, 4) is 0 Å². The Hall–Kier alpha value is -0.570. The summed E-state index contributed by atoms with van der Waals surface area (Å²) in [6.45, 7) is 7.34. The number of carboxylic acid groups (broad SMARTS) is 1. The molecular formula is C8H17NO2. The summed E-state index contributed by atoms with van der Waals surface area (Å²) in [5, 5.41) is 11.7. The zero-order chi connectivity index (χ0) is 9.07. The summed E-state index contributed by atoms with van der Waals surface area (Å²) in [7, 11) is 0. The minimum absolute atomic E-state index is 0.251. The van der Waals surface area contributed by atoms with Crippen LogP contribution in [-0.4, -0.2) is 22.7 Å². The lowest BCUT2D eigenvalue weighted by atomic mass is 10.0. The molecule has 0 radical (unpaired) electrons. The highest BCUT2D eigenvalue weighted by Crippen LogP contribution is 2.04. The van der Waals surface area contributed by atoms with Crippen LogP contribution in [0, 0.1) is 0 Å². The predicted molar refractivity (Wildman–Crippen MR) is 44.6 cm³/mol. The molecule has 0 aromatic rings. The molecule has 11 heavy (non-hydrogen) atoms. The smallest absolute Gasteiger partial charge is 0.323 e. The van der Waals surface area contributed by atoms with Crippen molar-refractivity contribution in [3.63, 3.8) is 0 Å². The van der Waals surface area contributed by atoms with Gasteiger partial charge in [-0.25, -0.2) is 0 Å². The fourth-order valence-electron chi connectivity index (χ4n) is 0.780. The van der Waals surface area contributed by atoms with E-state index in [4.69, 9.17) is 5.11 Å². The van der Waals surface area contributed by atoms with E-state index in [9.17, 15) is 4.79 Å². The van der Waals surface area contributed by atoms with Crippen molar-refractivity contribution in [2.45, 2.75) is 45.7 Å². The van der Waals surface area contributed by atoms with Crippen molar-refractivity contribution in [1.82, 2.24) is 5.32 Å². The molecule has 0 heterocycles. The number of nitrogens with one attached hydrogen (secondary N) is 1. The predicted octanol–water partition coefficient (Wildman–Crippen LogP) is 1.24. The van der Waals surface area contributed by atoms with Crippen LogP contribution in [0.3, 0.4) is 0 Å². The van der Waals surface area contributed by atoms with Crippen molar-refractivity contribution >= 4 is 5.97 Å². The summed E-state index contributed by atoms with van der Waals surface area (Å²) in [4.78, 5) is 10.6. The Kier molecular flexibility index (Phi) is 3.52. The number of carbonyl (C=O) groups is 1. The molecule has 0 aliphatic carbocycles. The van der Waals surface area contributed by atoms with Gasteiger partial charge in [0, 0.05) is 6.04 Å². The van der Waals surface area contributed by atoms with Gasteiger partial charge < -0.3 is 5.11 Å². The van der Waals surface area contributed by atoms with E-state index in [0.717, 1.165) is 6.42 Å². The lowest BCUT2D eigenvalue weighted by molar-refractivity contribution is -0.143. The number of aliphatic carboxylic acids is 1. The summed E-state index contributed by atoms with van der Waals surface area (Å²) in [5.74, 6) is -0.808. The van der Waals surface area contributed by atoms with Crippen LogP contribution in [-0.2, 0) is 4.79 Å². The van der Waals surface area contributed by atoms with Gasteiger partial charge in [0.25, 0.3) is 0 Å². The highest BCUT2D eigenvalue weighted by molar-refractivity contribution is 5.77. The normalized spacial score (nSPS) is 14.5. The number of hydrogen-bond acceptors (Lipinski definition) is 2. The second-order valence-electron chi connectivity index (χ2n) is 3.38. The summed E-state index contributed by atoms with van der Waals surface area (Å²) >= 11 is 0. The van der Waals surface area contributed by atoms with Crippen molar-refractivity contribution in [3.05, 3.63) is 0 Å². The molecule has 0 fully saturated rings. The molecule has 0 bridgehead atoms. The largest absolute Gasteiger partial charge is 0.480 e. The average molecular weight is 159 g/mol. The topological polar surface area (TPSA) is 49.3 Å². The fraction of sp³-hybridized carbons (Fsp3) is 0.875. The molecule has 1 atom stereocenters. The zero-order valence-electron chi connectivity index (χ0n) is 7.64. The maximum absolute atomic E-state index is 10.6. The number of rotatable bonds is 4. The summed E-state index contributed by atoms with van der Waals surface area (Å²) in [6, 6.07) is 0.251. The quantitative estimate of drug-likeness (QED) is 0.648. The number of carboxylic acids is 1. The summed E-state index contributed by atoms with van der Waals surface area (Å²) < 4.78 is 0. The zero-order valence-corrected chi connectivity index (χ0v) is 7.64. The van der Waals surface area contributed by atoms with E-state index in [2.05, 4.69) is 5.32 Å². The Balaban J connectivity index is 4.01. The maximum Gasteiger partial charge on any atom is 0.323 e. The van der Waals surface area contributed by atoms with E-state index in [-0.39, 0.29) is 6.04 Å².